The van der Waals surface area contributed by atoms with Gasteiger partial charge in [-0.3, -0.25) is 0 Å². The molecule has 1 aliphatic rings. The summed E-state index contributed by atoms with van der Waals surface area (Å²) in [5.74, 6) is -0.877. The first-order valence-electron chi connectivity index (χ1n) is 7.59. The van der Waals surface area contributed by atoms with Gasteiger partial charge in [-0.05, 0) is 60.4 Å². The van der Waals surface area contributed by atoms with Gasteiger partial charge in [-0.1, -0.05) is 44.6 Å². The third kappa shape index (κ3) is 3.26. The number of aromatic carboxylic acids is 1. The van der Waals surface area contributed by atoms with Gasteiger partial charge in [-0.15, -0.1) is 0 Å². The van der Waals surface area contributed by atoms with Gasteiger partial charge in [0.1, 0.15) is 0 Å². The molecule has 0 radical (unpaired) electrons. The summed E-state index contributed by atoms with van der Waals surface area (Å²) in [4.78, 5) is 10.9. The molecule has 0 spiro atoms. The Hall–Kier alpha value is -1.83. The maximum Gasteiger partial charge on any atom is 0.335 e. The second-order valence-electron chi connectivity index (χ2n) is 6.44. The summed E-state index contributed by atoms with van der Waals surface area (Å²) < 4.78 is 0. The Morgan fingerprint density at radius 2 is 1.90 bits per heavy atom. The van der Waals surface area contributed by atoms with Crippen molar-refractivity contribution in [1.29, 1.82) is 0 Å². The van der Waals surface area contributed by atoms with Crippen molar-refractivity contribution in [3.8, 4) is 0 Å². The monoisotopic (exact) mass is 284 g/mol. The van der Waals surface area contributed by atoms with Crippen molar-refractivity contribution in [2.24, 2.45) is 5.41 Å². The highest BCUT2D eigenvalue weighted by Gasteiger charge is 2.29. The quantitative estimate of drug-likeness (QED) is 0.816. The van der Waals surface area contributed by atoms with Crippen molar-refractivity contribution in [1.82, 2.24) is 0 Å². The van der Waals surface area contributed by atoms with Gasteiger partial charge in [0.15, 0.2) is 0 Å². The second kappa shape index (κ2) is 5.88. The first kappa shape index (κ1) is 15.6. The molecule has 112 valence electrons. The minimum Gasteiger partial charge on any atom is -0.478 e. The first-order chi connectivity index (χ1) is 9.85. The standard InChI is InChI=1S/C19H24O2/c1-5-17-13(2)16(10-11-19(17,3)4)12-14-6-8-15(9-7-14)18(20)21/h6-9,12H,5,10-11H2,1-4H3,(H,20,21). The minimum absolute atomic E-state index is 0.295. The Morgan fingerprint density at radius 3 is 2.43 bits per heavy atom. The maximum absolute atomic E-state index is 10.9. The van der Waals surface area contributed by atoms with Crippen LogP contribution in [0, 0.1) is 5.41 Å². The summed E-state index contributed by atoms with van der Waals surface area (Å²) in [6, 6.07) is 7.10. The van der Waals surface area contributed by atoms with E-state index in [2.05, 4.69) is 33.8 Å². The summed E-state index contributed by atoms with van der Waals surface area (Å²) in [6.45, 7) is 9.10. The number of carbonyl (C=O) groups is 1. The second-order valence-corrected chi connectivity index (χ2v) is 6.44. The van der Waals surface area contributed by atoms with Gasteiger partial charge in [-0.25, -0.2) is 4.79 Å². The van der Waals surface area contributed by atoms with E-state index >= 15 is 0 Å². The van der Waals surface area contributed by atoms with Gasteiger partial charge < -0.3 is 5.11 Å². The fraction of sp³-hybridized carbons (Fsp3) is 0.421. The molecule has 21 heavy (non-hydrogen) atoms. The van der Waals surface area contributed by atoms with Crippen molar-refractivity contribution in [3.63, 3.8) is 0 Å². The van der Waals surface area contributed by atoms with Crippen LogP contribution in [0.1, 0.15) is 62.9 Å². The molecule has 0 aromatic heterocycles. The lowest BCUT2D eigenvalue weighted by Crippen LogP contribution is -2.21. The highest BCUT2D eigenvalue weighted by molar-refractivity contribution is 5.87. The highest BCUT2D eigenvalue weighted by atomic mass is 16.4. The smallest absolute Gasteiger partial charge is 0.335 e. The highest BCUT2D eigenvalue weighted by Crippen LogP contribution is 2.44. The summed E-state index contributed by atoms with van der Waals surface area (Å²) in [5.41, 5.74) is 6.05. The van der Waals surface area contributed by atoms with E-state index in [-0.39, 0.29) is 0 Å². The van der Waals surface area contributed by atoms with Crippen molar-refractivity contribution in [2.75, 3.05) is 0 Å². The van der Waals surface area contributed by atoms with Crippen LogP contribution in [-0.2, 0) is 0 Å². The Bertz CT molecular complexity index is 601. The lowest BCUT2D eigenvalue weighted by molar-refractivity contribution is 0.0697. The first-order valence-corrected chi connectivity index (χ1v) is 7.59. The molecular formula is C19H24O2. The molecule has 0 amide bonds. The van der Waals surface area contributed by atoms with E-state index in [4.69, 9.17) is 5.11 Å². The molecule has 0 fully saturated rings. The normalized spacial score (nSPS) is 19.9. The largest absolute Gasteiger partial charge is 0.478 e. The Balaban J connectivity index is 2.35. The molecule has 1 aromatic rings. The lowest BCUT2D eigenvalue weighted by Gasteiger charge is -2.35. The predicted octanol–water partition coefficient (Wildman–Crippen LogP) is 5.31. The number of hydrogen-bond donors (Lipinski definition) is 1. The van der Waals surface area contributed by atoms with Crippen LogP contribution in [0.15, 0.2) is 41.0 Å². The van der Waals surface area contributed by atoms with Gasteiger partial charge >= 0.3 is 5.97 Å². The van der Waals surface area contributed by atoms with Gasteiger partial charge in [0, 0.05) is 0 Å². The van der Waals surface area contributed by atoms with Gasteiger partial charge in [0.05, 0.1) is 5.56 Å². The molecule has 2 rings (SSSR count). The molecular weight excluding hydrogens is 260 g/mol. The molecule has 2 heteroatoms. The number of rotatable bonds is 3. The average Bonchev–Trinajstić information content (AvgIpc) is 2.43. The summed E-state index contributed by atoms with van der Waals surface area (Å²) in [7, 11) is 0. The number of carboxylic acid groups (broad SMARTS) is 1. The van der Waals surface area contributed by atoms with Gasteiger partial charge in [0.2, 0.25) is 0 Å². The van der Waals surface area contributed by atoms with E-state index in [1.165, 1.54) is 17.6 Å². The van der Waals surface area contributed by atoms with Gasteiger partial charge in [0.25, 0.3) is 0 Å². The van der Waals surface area contributed by atoms with Gasteiger partial charge in [-0.2, -0.15) is 0 Å². The zero-order valence-corrected chi connectivity index (χ0v) is 13.4. The van der Waals surface area contributed by atoms with Crippen LogP contribution in [-0.4, -0.2) is 11.1 Å². The summed E-state index contributed by atoms with van der Waals surface area (Å²) in [5, 5.41) is 8.94. The maximum atomic E-state index is 10.9. The minimum atomic E-state index is -0.877. The molecule has 0 bridgehead atoms. The molecule has 0 atom stereocenters. The lowest BCUT2D eigenvalue weighted by atomic mass is 9.70. The van der Waals surface area contributed by atoms with E-state index in [0.717, 1.165) is 18.4 Å². The Morgan fingerprint density at radius 1 is 1.29 bits per heavy atom. The fourth-order valence-electron chi connectivity index (χ4n) is 3.33. The average molecular weight is 284 g/mol. The number of carboxylic acids is 1. The van der Waals surface area contributed by atoms with Crippen LogP contribution >= 0.6 is 0 Å². The SMILES string of the molecule is CCC1=C(C)C(=Cc2ccc(C(=O)O)cc2)CCC1(C)C. The van der Waals surface area contributed by atoms with Crippen molar-refractivity contribution >= 4 is 12.0 Å². The zero-order valence-electron chi connectivity index (χ0n) is 13.4. The molecule has 0 aliphatic heterocycles. The Labute approximate surface area is 127 Å². The summed E-state index contributed by atoms with van der Waals surface area (Å²) in [6.07, 6.45) is 5.55. The molecule has 2 nitrogen and oxygen atoms in total. The van der Waals surface area contributed by atoms with Crippen LogP contribution < -0.4 is 0 Å². The molecule has 0 saturated heterocycles. The number of allylic oxidation sites excluding steroid dienone is 3. The van der Waals surface area contributed by atoms with Crippen LogP contribution in [0.3, 0.4) is 0 Å². The van der Waals surface area contributed by atoms with E-state index < -0.39 is 5.97 Å². The molecule has 0 unspecified atom stereocenters. The third-order valence-corrected chi connectivity index (χ3v) is 4.62. The Kier molecular flexibility index (Phi) is 4.36. The molecule has 1 aliphatic carbocycles. The number of benzene rings is 1. The van der Waals surface area contributed by atoms with Crippen LogP contribution in [0.4, 0.5) is 0 Å². The molecule has 1 N–H and O–H groups in total. The fourth-order valence-corrected chi connectivity index (χ4v) is 3.33. The molecule has 0 heterocycles. The van der Waals surface area contributed by atoms with Crippen molar-refractivity contribution in [3.05, 3.63) is 52.1 Å². The summed E-state index contributed by atoms with van der Waals surface area (Å²) >= 11 is 0. The van der Waals surface area contributed by atoms with Crippen LogP contribution in [0.25, 0.3) is 6.08 Å². The van der Waals surface area contributed by atoms with E-state index in [9.17, 15) is 4.79 Å². The van der Waals surface area contributed by atoms with E-state index in [1.807, 2.05) is 12.1 Å². The van der Waals surface area contributed by atoms with E-state index in [0.29, 0.717) is 11.0 Å². The topological polar surface area (TPSA) is 37.3 Å². The predicted molar refractivity (Wildman–Crippen MR) is 87.4 cm³/mol. The van der Waals surface area contributed by atoms with Crippen LogP contribution in [0.5, 0.6) is 0 Å². The molecule has 1 aromatic carbocycles. The third-order valence-electron chi connectivity index (χ3n) is 4.62. The zero-order chi connectivity index (χ0) is 15.6. The van der Waals surface area contributed by atoms with Crippen LogP contribution in [0.2, 0.25) is 0 Å². The molecule has 0 saturated carbocycles. The van der Waals surface area contributed by atoms with Crippen molar-refractivity contribution < 1.29 is 9.90 Å². The van der Waals surface area contributed by atoms with E-state index in [1.54, 1.807) is 17.7 Å². The van der Waals surface area contributed by atoms with Crippen molar-refractivity contribution in [2.45, 2.75) is 47.0 Å². The number of hydrogen-bond acceptors (Lipinski definition) is 1.